The van der Waals surface area contributed by atoms with Gasteiger partial charge in [0, 0.05) is 22.8 Å². The smallest absolute Gasteiger partial charge is 0.176 e. The maximum absolute atomic E-state index is 14.6. The fraction of sp³-hybridized carbons (Fsp3) is 0.167. The summed E-state index contributed by atoms with van der Waals surface area (Å²) in [4.78, 5) is 12.3. The molecular formula is C24H24FN7O2S. The van der Waals surface area contributed by atoms with E-state index in [1.54, 1.807) is 43.3 Å². The van der Waals surface area contributed by atoms with Crippen LogP contribution in [0.5, 0.6) is 0 Å². The molecule has 0 unspecified atom stereocenters. The predicted molar refractivity (Wildman–Crippen MR) is 135 cm³/mol. The Kier molecular flexibility index (Phi) is 7.58. The number of nitrogens with zero attached hydrogens (tertiary/aromatic N) is 4. The van der Waals surface area contributed by atoms with Crippen molar-refractivity contribution in [2.24, 2.45) is 21.5 Å². The van der Waals surface area contributed by atoms with E-state index in [2.05, 4.69) is 27.0 Å². The molecule has 0 aliphatic heterocycles. The number of sulfone groups is 1. The van der Waals surface area contributed by atoms with Gasteiger partial charge in [-0.05, 0) is 31.8 Å². The molecule has 0 saturated carbocycles. The summed E-state index contributed by atoms with van der Waals surface area (Å²) in [7, 11) is -3.63. The second kappa shape index (κ2) is 10.4. The Hall–Kier alpha value is -4.14. The van der Waals surface area contributed by atoms with Gasteiger partial charge in [-0.3, -0.25) is 4.99 Å². The lowest BCUT2D eigenvalue weighted by Gasteiger charge is -2.21. The van der Waals surface area contributed by atoms with E-state index in [0.29, 0.717) is 16.5 Å². The van der Waals surface area contributed by atoms with E-state index >= 15 is 0 Å². The van der Waals surface area contributed by atoms with Crippen molar-refractivity contribution in [3.63, 3.8) is 0 Å². The van der Waals surface area contributed by atoms with Crippen molar-refractivity contribution < 1.29 is 12.8 Å². The van der Waals surface area contributed by atoms with Gasteiger partial charge in [0.1, 0.15) is 34.6 Å². The highest BCUT2D eigenvalue weighted by Crippen LogP contribution is 2.34. The number of aliphatic imine (C=N–C) groups is 2. The number of pyridine rings is 1. The summed E-state index contributed by atoms with van der Waals surface area (Å²) >= 11 is 0. The summed E-state index contributed by atoms with van der Waals surface area (Å²) in [5, 5.41) is 13.2. The van der Waals surface area contributed by atoms with Crippen LogP contribution in [-0.4, -0.2) is 38.9 Å². The standard InChI is InChI=1S/C24H24FN7O2S/c1-14(31-24(29-2)18(12-26)23(28)30-13-27)17-11-15-7-6-9-19(25)21(15)32-22(17)16-8-4-5-10-20(16)35(3,33)34/h4-11,14,31H,2,13,27H2,1,3H3,(H2,28,30)/b24-18+/t14-/m0/s1. The first kappa shape index (κ1) is 25.5. The molecule has 0 saturated heterocycles. The summed E-state index contributed by atoms with van der Waals surface area (Å²) in [5.74, 6) is -0.603. The Morgan fingerprint density at radius 2 is 2.00 bits per heavy atom. The third kappa shape index (κ3) is 5.34. The van der Waals surface area contributed by atoms with E-state index in [4.69, 9.17) is 11.5 Å². The van der Waals surface area contributed by atoms with Gasteiger partial charge in [-0.25, -0.2) is 22.8 Å². The molecule has 0 amide bonds. The van der Waals surface area contributed by atoms with Crippen LogP contribution < -0.4 is 16.8 Å². The Labute approximate surface area is 202 Å². The van der Waals surface area contributed by atoms with Crippen LogP contribution in [0.1, 0.15) is 18.5 Å². The first-order chi connectivity index (χ1) is 16.6. The molecule has 3 aromatic rings. The molecule has 1 atom stereocenters. The quantitative estimate of drug-likeness (QED) is 0.247. The zero-order chi connectivity index (χ0) is 25.8. The molecule has 2 aromatic carbocycles. The number of fused-ring (bicyclic) bond motifs is 1. The van der Waals surface area contributed by atoms with E-state index < -0.39 is 21.7 Å². The summed E-state index contributed by atoms with van der Waals surface area (Å²) in [5.41, 5.74) is 12.4. The predicted octanol–water partition coefficient (Wildman–Crippen LogP) is 2.80. The number of nitrogens with one attached hydrogen (secondary N) is 1. The second-order valence-corrected chi connectivity index (χ2v) is 9.58. The number of para-hydroxylation sites is 1. The molecule has 35 heavy (non-hydrogen) atoms. The first-order valence-electron chi connectivity index (χ1n) is 10.4. The van der Waals surface area contributed by atoms with Crippen molar-refractivity contribution in [3.8, 4) is 17.3 Å². The molecule has 1 aromatic heterocycles. The number of amidine groups is 1. The van der Waals surface area contributed by atoms with Crippen LogP contribution in [0.3, 0.4) is 0 Å². The van der Waals surface area contributed by atoms with E-state index in [9.17, 15) is 18.1 Å². The van der Waals surface area contributed by atoms with Crippen LogP contribution in [0.15, 0.2) is 74.8 Å². The number of nitrogens with two attached hydrogens (primary N) is 2. The van der Waals surface area contributed by atoms with E-state index in [1.807, 2.05) is 6.07 Å². The number of hydrogen-bond acceptors (Lipinski definition) is 8. The number of nitriles is 1. The molecule has 0 bridgehead atoms. The number of benzene rings is 2. The van der Waals surface area contributed by atoms with Gasteiger partial charge < -0.3 is 16.8 Å². The Morgan fingerprint density at radius 3 is 2.63 bits per heavy atom. The molecular weight excluding hydrogens is 469 g/mol. The fourth-order valence-corrected chi connectivity index (χ4v) is 4.49. The minimum Gasteiger partial charge on any atom is -0.383 e. The molecule has 5 N–H and O–H groups in total. The lowest BCUT2D eigenvalue weighted by atomic mass is 9.98. The SMILES string of the molecule is C=N/C(N[C@@H](C)c1cc2cccc(F)c2nc1-c1ccccc1S(C)(=O)=O)=C(C#N)\C(N)=N/CN. The lowest BCUT2D eigenvalue weighted by molar-refractivity contribution is 0.602. The molecule has 0 spiro atoms. The largest absolute Gasteiger partial charge is 0.383 e. The van der Waals surface area contributed by atoms with Gasteiger partial charge in [0.15, 0.2) is 9.84 Å². The molecule has 3 rings (SSSR count). The monoisotopic (exact) mass is 493 g/mol. The van der Waals surface area contributed by atoms with Crippen LogP contribution in [-0.2, 0) is 9.84 Å². The third-order valence-corrected chi connectivity index (χ3v) is 6.37. The maximum atomic E-state index is 14.6. The molecule has 11 heteroatoms. The van der Waals surface area contributed by atoms with Crippen molar-refractivity contribution in [1.29, 1.82) is 5.26 Å². The van der Waals surface area contributed by atoms with Gasteiger partial charge in [-0.15, -0.1) is 0 Å². The second-order valence-electron chi connectivity index (χ2n) is 7.59. The molecule has 1 heterocycles. The molecule has 0 radical (unpaired) electrons. The lowest BCUT2D eigenvalue weighted by Crippen LogP contribution is -2.25. The first-order valence-corrected chi connectivity index (χ1v) is 12.3. The highest BCUT2D eigenvalue weighted by molar-refractivity contribution is 7.90. The minimum absolute atomic E-state index is 0.0475. The van der Waals surface area contributed by atoms with Gasteiger partial charge in [-0.2, -0.15) is 5.26 Å². The highest BCUT2D eigenvalue weighted by atomic mass is 32.2. The molecule has 0 fully saturated rings. The highest BCUT2D eigenvalue weighted by Gasteiger charge is 2.23. The van der Waals surface area contributed by atoms with Crippen LogP contribution >= 0.6 is 0 Å². The van der Waals surface area contributed by atoms with Crippen LogP contribution in [0.4, 0.5) is 4.39 Å². The van der Waals surface area contributed by atoms with E-state index in [1.165, 1.54) is 12.1 Å². The van der Waals surface area contributed by atoms with Crippen molar-refractivity contribution in [3.05, 3.63) is 71.3 Å². The van der Waals surface area contributed by atoms with Gasteiger partial charge in [0.2, 0.25) is 0 Å². The zero-order valence-corrected chi connectivity index (χ0v) is 20.0. The summed E-state index contributed by atoms with van der Waals surface area (Å²) in [6, 6.07) is 13.9. The van der Waals surface area contributed by atoms with Crippen molar-refractivity contribution in [2.45, 2.75) is 17.9 Å². The third-order valence-electron chi connectivity index (χ3n) is 5.21. The van der Waals surface area contributed by atoms with Gasteiger partial charge >= 0.3 is 0 Å². The number of halogens is 1. The normalized spacial score (nSPS) is 13.6. The van der Waals surface area contributed by atoms with E-state index in [-0.39, 0.29) is 40.0 Å². The molecule has 0 aliphatic carbocycles. The van der Waals surface area contributed by atoms with Crippen molar-refractivity contribution >= 4 is 33.3 Å². The average molecular weight is 494 g/mol. The number of hydrogen-bond donors (Lipinski definition) is 3. The summed E-state index contributed by atoms with van der Waals surface area (Å²) < 4.78 is 39.6. The summed E-state index contributed by atoms with van der Waals surface area (Å²) in [6.45, 7) is 5.13. The Morgan fingerprint density at radius 1 is 1.29 bits per heavy atom. The Bertz CT molecular complexity index is 1510. The minimum atomic E-state index is -3.63. The average Bonchev–Trinajstić information content (AvgIpc) is 2.83. The number of aromatic nitrogens is 1. The Balaban J connectivity index is 2.29. The molecule has 180 valence electrons. The van der Waals surface area contributed by atoms with Gasteiger partial charge in [0.25, 0.3) is 0 Å². The van der Waals surface area contributed by atoms with Gasteiger partial charge in [0.05, 0.1) is 23.3 Å². The van der Waals surface area contributed by atoms with Crippen LogP contribution in [0.2, 0.25) is 0 Å². The van der Waals surface area contributed by atoms with Crippen molar-refractivity contribution in [2.75, 3.05) is 12.9 Å². The molecule has 0 aliphatic rings. The topological polar surface area (TPSA) is 160 Å². The summed E-state index contributed by atoms with van der Waals surface area (Å²) in [6.07, 6.45) is 1.09. The van der Waals surface area contributed by atoms with Crippen LogP contribution in [0.25, 0.3) is 22.2 Å². The van der Waals surface area contributed by atoms with Crippen LogP contribution in [0, 0.1) is 17.1 Å². The van der Waals surface area contributed by atoms with E-state index in [0.717, 1.165) is 6.26 Å². The van der Waals surface area contributed by atoms with Crippen molar-refractivity contribution in [1.82, 2.24) is 10.3 Å². The maximum Gasteiger partial charge on any atom is 0.176 e. The fourth-order valence-electron chi connectivity index (χ4n) is 3.60. The number of rotatable bonds is 8. The van der Waals surface area contributed by atoms with Gasteiger partial charge in [-0.1, -0.05) is 30.3 Å². The molecule has 9 nitrogen and oxygen atoms in total. The zero-order valence-electron chi connectivity index (χ0n) is 19.2.